The van der Waals surface area contributed by atoms with Gasteiger partial charge in [0.15, 0.2) is 0 Å². The summed E-state index contributed by atoms with van der Waals surface area (Å²) in [5, 5.41) is 18.1. The number of alkyl halides is 6. The third-order valence-electron chi connectivity index (χ3n) is 3.01. The summed E-state index contributed by atoms with van der Waals surface area (Å²) in [6.45, 7) is 2.15. The van der Waals surface area contributed by atoms with E-state index in [0.29, 0.717) is 0 Å². The zero-order valence-corrected chi connectivity index (χ0v) is 10.7. The molecule has 9 heteroatoms. The Balaban J connectivity index is 3.77. The molecular formula is C12H10F6O3. The average molecular weight is 316 g/mol. The minimum Gasteiger partial charge on any atom is -0.478 e. The monoisotopic (exact) mass is 316 g/mol. The van der Waals surface area contributed by atoms with Crippen LogP contribution >= 0.6 is 0 Å². The molecule has 3 nitrogen and oxygen atoms in total. The number of hydrogen-bond acceptors (Lipinski definition) is 2. The van der Waals surface area contributed by atoms with Gasteiger partial charge >= 0.3 is 18.3 Å². The summed E-state index contributed by atoms with van der Waals surface area (Å²) in [6.07, 6.45) is -12.1. The van der Waals surface area contributed by atoms with Crippen molar-refractivity contribution in [3.05, 3.63) is 34.4 Å². The number of halogens is 6. The summed E-state index contributed by atoms with van der Waals surface area (Å²) in [6, 6.07) is 1.05. The van der Waals surface area contributed by atoms with E-state index >= 15 is 0 Å². The summed E-state index contributed by atoms with van der Waals surface area (Å²) < 4.78 is 76.7. The second-order valence-corrected chi connectivity index (χ2v) is 4.49. The first kappa shape index (κ1) is 17.3. The molecule has 1 aromatic carbocycles. The van der Waals surface area contributed by atoms with E-state index in [4.69, 9.17) is 5.11 Å². The average Bonchev–Trinajstić information content (AvgIpc) is 2.24. The number of rotatable bonds is 2. The summed E-state index contributed by atoms with van der Waals surface area (Å²) in [7, 11) is 0. The Morgan fingerprint density at radius 1 is 0.952 bits per heavy atom. The van der Waals surface area contributed by atoms with Crippen LogP contribution in [-0.2, 0) is 5.60 Å². The van der Waals surface area contributed by atoms with Gasteiger partial charge in [-0.2, -0.15) is 26.3 Å². The van der Waals surface area contributed by atoms with Crippen molar-refractivity contribution in [3.63, 3.8) is 0 Å². The van der Waals surface area contributed by atoms with E-state index in [2.05, 4.69) is 0 Å². The first-order chi connectivity index (χ1) is 9.23. The fourth-order valence-corrected chi connectivity index (χ4v) is 1.94. The maximum Gasteiger partial charge on any atom is 0.430 e. The highest BCUT2D eigenvalue weighted by Crippen LogP contribution is 2.51. The minimum absolute atomic E-state index is 0.0181. The van der Waals surface area contributed by atoms with E-state index in [1.165, 1.54) is 6.92 Å². The smallest absolute Gasteiger partial charge is 0.430 e. The predicted octanol–water partition coefficient (Wildman–Crippen LogP) is 3.31. The van der Waals surface area contributed by atoms with E-state index in [-0.39, 0.29) is 11.6 Å². The third-order valence-corrected chi connectivity index (χ3v) is 3.01. The topological polar surface area (TPSA) is 57.5 Å². The molecule has 0 radical (unpaired) electrons. The quantitative estimate of drug-likeness (QED) is 0.823. The first-order valence-electron chi connectivity index (χ1n) is 5.44. The van der Waals surface area contributed by atoms with Crippen LogP contribution in [0.15, 0.2) is 12.1 Å². The van der Waals surface area contributed by atoms with Crippen molar-refractivity contribution >= 4 is 5.97 Å². The van der Waals surface area contributed by atoms with Crippen LogP contribution in [-0.4, -0.2) is 28.5 Å². The molecular weight excluding hydrogens is 306 g/mol. The molecule has 0 aliphatic carbocycles. The zero-order chi connectivity index (χ0) is 16.8. The van der Waals surface area contributed by atoms with Crippen LogP contribution in [0.4, 0.5) is 26.3 Å². The van der Waals surface area contributed by atoms with Gasteiger partial charge in [-0.25, -0.2) is 4.79 Å². The second-order valence-electron chi connectivity index (χ2n) is 4.49. The van der Waals surface area contributed by atoms with Crippen molar-refractivity contribution in [1.29, 1.82) is 0 Å². The Bertz CT molecular complexity index is 560. The standard InChI is InChI=1S/C12H10F6O3/c1-5-3-6(2)8(4-7(5)9(19)20)10(21,11(13,14)15)12(16,17)18/h3-4,21H,1-2H3,(H,19,20). The molecule has 0 spiro atoms. The van der Waals surface area contributed by atoms with Gasteiger partial charge in [-0.1, -0.05) is 6.07 Å². The van der Waals surface area contributed by atoms with Crippen LogP contribution in [0.1, 0.15) is 27.0 Å². The van der Waals surface area contributed by atoms with E-state index in [1.807, 2.05) is 0 Å². The Morgan fingerprint density at radius 2 is 1.38 bits per heavy atom. The van der Waals surface area contributed by atoms with Crippen molar-refractivity contribution < 1.29 is 41.4 Å². The number of aryl methyl sites for hydroxylation is 2. The summed E-state index contributed by atoms with van der Waals surface area (Å²) in [4.78, 5) is 10.9. The van der Waals surface area contributed by atoms with Gasteiger partial charge in [0.1, 0.15) is 0 Å². The molecule has 0 atom stereocenters. The Kier molecular flexibility index (Phi) is 4.03. The molecule has 2 N–H and O–H groups in total. The van der Waals surface area contributed by atoms with Gasteiger partial charge in [0, 0.05) is 5.56 Å². The molecule has 0 fully saturated rings. The SMILES string of the molecule is Cc1cc(C)c(C(O)(C(F)(F)F)C(F)(F)F)cc1C(=O)O. The Hall–Kier alpha value is -1.77. The van der Waals surface area contributed by atoms with E-state index in [9.17, 15) is 36.2 Å². The minimum atomic E-state index is -6.05. The third kappa shape index (κ3) is 2.69. The van der Waals surface area contributed by atoms with Crippen molar-refractivity contribution in [2.75, 3.05) is 0 Å². The van der Waals surface area contributed by atoms with Crippen LogP contribution in [0.5, 0.6) is 0 Å². The Labute approximate surface area is 114 Å². The largest absolute Gasteiger partial charge is 0.478 e. The number of aliphatic hydroxyl groups is 1. The molecule has 0 saturated heterocycles. The lowest BCUT2D eigenvalue weighted by atomic mass is 9.86. The van der Waals surface area contributed by atoms with Gasteiger partial charge in [0.2, 0.25) is 0 Å². The molecule has 21 heavy (non-hydrogen) atoms. The summed E-state index contributed by atoms with van der Waals surface area (Å²) in [5.74, 6) is -1.69. The van der Waals surface area contributed by atoms with Crippen LogP contribution < -0.4 is 0 Å². The molecule has 1 aromatic rings. The molecule has 0 aliphatic rings. The first-order valence-corrected chi connectivity index (χ1v) is 5.44. The van der Waals surface area contributed by atoms with Crippen LogP contribution in [0.3, 0.4) is 0 Å². The summed E-state index contributed by atoms with van der Waals surface area (Å²) in [5.41, 5.74) is -7.97. The number of carboxylic acids is 1. The van der Waals surface area contributed by atoms with Crippen molar-refractivity contribution in [1.82, 2.24) is 0 Å². The number of carbonyl (C=O) groups is 1. The fraction of sp³-hybridized carbons (Fsp3) is 0.417. The highest BCUT2D eigenvalue weighted by Gasteiger charge is 2.71. The van der Waals surface area contributed by atoms with Crippen LogP contribution in [0.2, 0.25) is 0 Å². The van der Waals surface area contributed by atoms with Gasteiger partial charge in [0.05, 0.1) is 5.56 Å². The lowest BCUT2D eigenvalue weighted by molar-refractivity contribution is -0.376. The normalized spacial score (nSPS) is 13.4. The van der Waals surface area contributed by atoms with Crippen molar-refractivity contribution in [2.45, 2.75) is 31.8 Å². The molecule has 0 unspecified atom stereocenters. The van der Waals surface area contributed by atoms with Crippen LogP contribution in [0, 0.1) is 13.8 Å². The van der Waals surface area contributed by atoms with E-state index in [0.717, 1.165) is 13.0 Å². The van der Waals surface area contributed by atoms with E-state index in [1.54, 1.807) is 0 Å². The van der Waals surface area contributed by atoms with Gasteiger partial charge in [0.25, 0.3) is 5.60 Å². The number of benzene rings is 1. The van der Waals surface area contributed by atoms with E-state index < -0.39 is 40.6 Å². The molecule has 118 valence electrons. The maximum absolute atomic E-state index is 12.8. The maximum atomic E-state index is 12.8. The summed E-state index contributed by atoms with van der Waals surface area (Å²) >= 11 is 0. The Morgan fingerprint density at radius 3 is 1.71 bits per heavy atom. The molecule has 0 saturated carbocycles. The zero-order valence-electron chi connectivity index (χ0n) is 10.7. The molecule has 0 heterocycles. The molecule has 0 aliphatic heterocycles. The number of hydrogen-bond donors (Lipinski definition) is 2. The lowest BCUT2D eigenvalue weighted by Crippen LogP contribution is -2.54. The van der Waals surface area contributed by atoms with Gasteiger partial charge in [-0.05, 0) is 31.0 Å². The van der Waals surface area contributed by atoms with Gasteiger partial charge in [-0.15, -0.1) is 0 Å². The molecule has 0 aromatic heterocycles. The van der Waals surface area contributed by atoms with Gasteiger partial charge < -0.3 is 10.2 Å². The molecule has 0 bridgehead atoms. The fourth-order valence-electron chi connectivity index (χ4n) is 1.94. The van der Waals surface area contributed by atoms with Crippen molar-refractivity contribution in [3.8, 4) is 0 Å². The van der Waals surface area contributed by atoms with Crippen LogP contribution in [0.25, 0.3) is 0 Å². The lowest BCUT2D eigenvalue weighted by Gasteiger charge is -2.34. The number of carboxylic acid groups (broad SMARTS) is 1. The molecule has 1 rings (SSSR count). The molecule has 0 amide bonds. The van der Waals surface area contributed by atoms with Gasteiger partial charge in [-0.3, -0.25) is 0 Å². The predicted molar refractivity (Wildman–Crippen MR) is 58.9 cm³/mol. The second kappa shape index (κ2) is 4.90. The van der Waals surface area contributed by atoms with Crippen molar-refractivity contribution in [2.24, 2.45) is 0 Å². The highest BCUT2D eigenvalue weighted by atomic mass is 19.4. The number of aromatic carboxylic acids is 1. The highest BCUT2D eigenvalue weighted by molar-refractivity contribution is 5.89.